The normalized spacial score (nSPS) is 11.1. The van der Waals surface area contributed by atoms with Crippen molar-refractivity contribution < 1.29 is 0 Å². The minimum Gasteiger partial charge on any atom is -0.326 e. The number of aryl methyl sites for hydroxylation is 2. The largest absolute Gasteiger partial charge is 0.326 e. The Morgan fingerprint density at radius 3 is 2.50 bits per heavy atom. The van der Waals surface area contributed by atoms with Gasteiger partial charge in [0.1, 0.15) is 0 Å². The average Bonchev–Trinajstić information content (AvgIpc) is 2.71. The molecule has 1 aromatic heterocycles. The standard InChI is InChI=1S/C17H25N3/c1-5-6-15-7-9-16(10-8-15)19-17-18-14(4)12-20(17)11-13(2)3/h7-10,12-13H,5-6,11H2,1-4H3,(H,18,19). The maximum Gasteiger partial charge on any atom is 0.207 e. The molecule has 1 aromatic carbocycles. The summed E-state index contributed by atoms with van der Waals surface area (Å²) >= 11 is 0. The number of hydrogen-bond donors (Lipinski definition) is 1. The molecule has 0 unspecified atom stereocenters. The topological polar surface area (TPSA) is 29.9 Å². The monoisotopic (exact) mass is 271 g/mol. The number of imidazole rings is 1. The lowest BCUT2D eigenvalue weighted by molar-refractivity contribution is 0.527. The number of aromatic nitrogens is 2. The van der Waals surface area contributed by atoms with Gasteiger partial charge < -0.3 is 9.88 Å². The highest BCUT2D eigenvalue weighted by Crippen LogP contribution is 2.18. The van der Waals surface area contributed by atoms with Crippen molar-refractivity contribution in [2.24, 2.45) is 5.92 Å². The zero-order valence-electron chi connectivity index (χ0n) is 13.0. The molecule has 0 fully saturated rings. The Morgan fingerprint density at radius 2 is 1.90 bits per heavy atom. The molecule has 0 aliphatic rings. The van der Waals surface area contributed by atoms with Crippen LogP contribution >= 0.6 is 0 Å². The maximum atomic E-state index is 4.57. The second-order valence-electron chi connectivity index (χ2n) is 5.82. The third-order valence-electron chi connectivity index (χ3n) is 3.21. The molecule has 2 aromatic rings. The van der Waals surface area contributed by atoms with Gasteiger partial charge in [0.05, 0.1) is 5.69 Å². The van der Waals surface area contributed by atoms with Crippen LogP contribution < -0.4 is 5.32 Å². The molecule has 0 amide bonds. The van der Waals surface area contributed by atoms with Crippen LogP contribution in [-0.4, -0.2) is 9.55 Å². The minimum absolute atomic E-state index is 0.607. The van der Waals surface area contributed by atoms with E-state index in [0.717, 1.165) is 30.3 Å². The molecule has 20 heavy (non-hydrogen) atoms. The van der Waals surface area contributed by atoms with Gasteiger partial charge >= 0.3 is 0 Å². The van der Waals surface area contributed by atoms with E-state index < -0.39 is 0 Å². The minimum atomic E-state index is 0.607. The Morgan fingerprint density at radius 1 is 1.20 bits per heavy atom. The zero-order valence-corrected chi connectivity index (χ0v) is 13.0. The quantitative estimate of drug-likeness (QED) is 0.835. The van der Waals surface area contributed by atoms with Gasteiger partial charge in [0, 0.05) is 18.4 Å². The summed E-state index contributed by atoms with van der Waals surface area (Å²) in [4.78, 5) is 4.57. The molecule has 3 nitrogen and oxygen atoms in total. The van der Waals surface area contributed by atoms with Crippen molar-refractivity contribution in [3.63, 3.8) is 0 Å². The predicted octanol–water partition coefficient (Wildman–Crippen LogP) is 4.54. The molecular weight excluding hydrogens is 246 g/mol. The van der Waals surface area contributed by atoms with Crippen LogP contribution in [0.15, 0.2) is 30.5 Å². The molecule has 0 radical (unpaired) electrons. The van der Waals surface area contributed by atoms with Crippen molar-refractivity contribution in [3.05, 3.63) is 41.7 Å². The summed E-state index contributed by atoms with van der Waals surface area (Å²) in [5.41, 5.74) is 3.54. The van der Waals surface area contributed by atoms with Crippen LogP contribution in [0.3, 0.4) is 0 Å². The number of hydrogen-bond acceptors (Lipinski definition) is 2. The molecule has 1 N–H and O–H groups in total. The highest BCUT2D eigenvalue weighted by atomic mass is 15.2. The number of nitrogens with zero attached hydrogens (tertiary/aromatic N) is 2. The van der Waals surface area contributed by atoms with Crippen molar-refractivity contribution in [2.45, 2.75) is 47.1 Å². The van der Waals surface area contributed by atoms with Crippen LogP contribution in [0.1, 0.15) is 38.4 Å². The smallest absolute Gasteiger partial charge is 0.207 e. The third-order valence-corrected chi connectivity index (χ3v) is 3.21. The van der Waals surface area contributed by atoms with Gasteiger partial charge in [-0.15, -0.1) is 0 Å². The first-order valence-electron chi connectivity index (χ1n) is 7.48. The van der Waals surface area contributed by atoms with E-state index >= 15 is 0 Å². The van der Waals surface area contributed by atoms with Crippen LogP contribution in [0.5, 0.6) is 0 Å². The molecule has 108 valence electrons. The fourth-order valence-electron chi connectivity index (χ4n) is 2.35. The highest BCUT2D eigenvalue weighted by Gasteiger charge is 2.07. The summed E-state index contributed by atoms with van der Waals surface area (Å²) in [7, 11) is 0. The van der Waals surface area contributed by atoms with E-state index in [1.165, 1.54) is 12.0 Å². The molecular formula is C17H25N3. The van der Waals surface area contributed by atoms with E-state index in [9.17, 15) is 0 Å². The summed E-state index contributed by atoms with van der Waals surface area (Å²) in [5.74, 6) is 1.54. The number of benzene rings is 1. The maximum absolute atomic E-state index is 4.57. The number of nitrogens with one attached hydrogen (secondary N) is 1. The Bertz CT molecular complexity index is 538. The van der Waals surface area contributed by atoms with Gasteiger partial charge in [-0.25, -0.2) is 4.98 Å². The SMILES string of the molecule is CCCc1ccc(Nc2nc(C)cn2CC(C)C)cc1. The van der Waals surface area contributed by atoms with E-state index in [2.05, 4.69) is 66.1 Å². The van der Waals surface area contributed by atoms with Gasteiger partial charge in [-0.05, 0) is 37.0 Å². The van der Waals surface area contributed by atoms with E-state index in [-0.39, 0.29) is 0 Å². The third kappa shape index (κ3) is 3.86. The molecule has 2 rings (SSSR count). The molecule has 0 aliphatic carbocycles. The van der Waals surface area contributed by atoms with Crippen LogP contribution in [0, 0.1) is 12.8 Å². The first kappa shape index (κ1) is 14.6. The summed E-state index contributed by atoms with van der Waals surface area (Å²) in [5, 5.41) is 3.42. The molecule has 0 aliphatic heterocycles. The lowest BCUT2D eigenvalue weighted by Crippen LogP contribution is -2.07. The predicted molar refractivity (Wildman–Crippen MR) is 85.5 cm³/mol. The van der Waals surface area contributed by atoms with Gasteiger partial charge in [-0.2, -0.15) is 0 Å². The molecule has 0 atom stereocenters. The number of anilines is 2. The van der Waals surface area contributed by atoms with Crippen molar-refractivity contribution in [1.82, 2.24) is 9.55 Å². The molecule has 0 bridgehead atoms. The van der Waals surface area contributed by atoms with E-state index in [1.54, 1.807) is 0 Å². The molecule has 1 heterocycles. The van der Waals surface area contributed by atoms with Crippen molar-refractivity contribution in [2.75, 3.05) is 5.32 Å². The van der Waals surface area contributed by atoms with Crippen LogP contribution in [0.2, 0.25) is 0 Å². The van der Waals surface area contributed by atoms with E-state index in [1.807, 2.05) is 6.92 Å². The molecule has 3 heteroatoms. The van der Waals surface area contributed by atoms with Crippen molar-refractivity contribution >= 4 is 11.6 Å². The summed E-state index contributed by atoms with van der Waals surface area (Å²) < 4.78 is 2.19. The van der Waals surface area contributed by atoms with Gasteiger partial charge in [0.15, 0.2) is 0 Å². The fraction of sp³-hybridized carbons (Fsp3) is 0.471. The lowest BCUT2D eigenvalue weighted by Gasteiger charge is -2.12. The van der Waals surface area contributed by atoms with Crippen LogP contribution in [0.4, 0.5) is 11.6 Å². The Labute approximate surface area is 122 Å². The molecule has 0 saturated heterocycles. The number of rotatable bonds is 6. The average molecular weight is 271 g/mol. The summed E-state index contributed by atoms with van der Waals surface area (Å²) in [6.45, 7) is 9.67. The van der Waals surface area contributed by atoms with Gasteiger partial charge in [0.2, 0.25) is 5.95 Å². The molecule has 0 spiro atoms. The van der Waals surface area contributed by atoms with Crippen LogP contribution in [-0.2, 0) is 13.0 Å². The van der Waals surface area contributed by atoms with Crippen molar-refractivity contribution in [3.8, 4) is 0 Å². The first-order valence-corrected chi connectivity index (χ1v) is 7.48. The van der Waals surface area contributed by atoms with E-state index in [0.29, 0.717) is 5.92 Å². The highest BCUT2D eigenvalue weighted by molar-refractivity contribution is 5.54. The Kier molecular flexibility index (Phi) is 4.83. The summed E-state index contributed by atoms with van der Waals surface area (Å²) in [6.07, 6.45) is 4.43. The first-order chi connectivity index (χ1) is 9.58. The van der Waals surface area contributed by atoms with Gasteiger partial charge in [0.25, 0.3) is 0 Å². The fourth-order valence-corrected chi connectivity index (χ4v) is 2.35. The van der Waals surface area contributed by atoms with Gasteiger partial charge in [-0.1, -0.05) is 39.3 Å². The van der Waals surface area contributed by atoms with Gasteiger partial charge in [-0.3, -0.25) is 0 Å². The second-order valence-corrected chi connectivity index (χ2v) is 5.82. The van der Waals surface area contributed by atoms with Crippen molar-refractivity contribution in [1.29, 1.82) is 0 Å². The zero-order chi connectivity index (χ0) is 14.5. The Balaban J connectivity index is 2.12. The second kappa shape index (κ2) is 6.60. The Hall–Kier alpha value is -1.77. The van der Waals surface area contributed by atoms with Crippen LogP contribution in [0.25, 0.3) is 0 Å². The van der Waals surface area contributed by atoms with E-state index in [4.69, 9.17) is 0 Å². The molecule has 0 saturated carbocycles. The summed E-state index contributed by atoms with van der Waals surface area (Å²) in [6, 6.07) is 8.65. The lowest BCUT2D eigenvalue weighted by atomic mass is 10.1.